The van der Waals surface area contributed by atoms with Crippen molar-refractivity contribution >= 4 is 40.6 Å². The van der Waals surface area contributed by atoms with E-state index in [1.807, 2.05) is 27.3 Å². The molecule has 1 aromatic carbocycles. The van der Waals surface area contributed by atoms with Crippen LogP contribution in [-0.2, 0) is 20.7 Å². The van der Waals surface area contributed by atoms with Crippen LogP contribution in [-0.4, -0.2) is 68.2 Å². The number of hydrogen-bond acceptors (Lipinski definition) is 6. The largest absolute Gasteiger partial charge is 0.442 e. The molecule has 10 heteroatoms. The molecule has 2 saturated heterocycles. The Kier molecular flexibility index (Phi) is 6.59. The van der Waals surface area contributed by atoms with Crippen LogP contribution in [0.15, 0.2) is 35.7 Å². The number of cyclic esters (lactones) is 1. The molecule has 2 aliphatic heterocycles. The Morgan fingerprint density at radius 2 is 2.00 bits per heavy atom. The van der Waals surface area contributed by atoms with Crippen LogP contribution in [0, 0.1) is 5.82 Å². The summed E-state index contributed by atoms with van der Waals surface area (Å²) in [6.45, 7) is 4.00. The number of nitrogens with zero attached hydrogens (tertiary/aromatic N) is 3. The molecule has 0 bridgehead atoms. The fourth-order valence-electron chi connectivity index (χ4n) is 3.89. The van der Waals surface area contributed by atoms with E-state index in [-0.39, 0.29) is 24.9 Å². The van der Waals surface area contributed by atoms with Crippen molar-refractivity contribution < 1.29 is 23.5 Å². The van der Waals surface area contributed by atoms with E-state index in [1.54, 1.807) is 23.5 Å². The Morgan fingerprint density at radius 1 is 1.22 bits per heavy atom. The van der Waals surface area contributed by atoms with E-state index in [9.17, 15) is 18.8 Å². The number of piperazine rings is 1. The molecule has 2 aromatic rings. The molecule has 4 rings (SSSR count). The summed E-state index contributed by atoms with van der Waals surface area (Å²) in [6, 6.07) is 8.55. The number of ether oxygens (including phenoxy) is 1. The van der Waals surface area contributed by atoms with Crippen LogP contribution < -0.4 is 15.1 Å². The summed E-state index contributed by atoms with van der Waals surface area (Å²) < 4.78 is 20.2. The zero-order valence-corrected chi connectivity index (χ0v) is 18.6. The fourth-order valence-corrected chi connectivity index (χ4v) is 4.58. The van der Waals surface area contributed by atoms with Crippen LogP contribution in [0.3, 0.4) is 0 Å². The maximum absolute atomic E-state index is 14.9. The molecule has 8 nitrogen and oxygen atoms in total. The summed E-state index contributed by atoms with van der Waals surface area (Å²) in [7, 11) is 0. The fraction of sp³-hybridized carbons (Fsp3) is 0.409. The second kappa shape index (κ2) is 9.56. The van der Waals surface area contributed by atoms with E-state index >= 15 is 0 Å². The number of benzene rings is 1. The third kappa shape index (κ3) is 5.01. The van der Waals surface area contributed by atoms with Gasteiger partial charge in [-0.15, -0.1) is 11.3 Å². The lowest BCUT2D eigenvalue weighted by molar-refractivity contribution is -0.130. The molecule has 170 valence electrons. The van der Waals surface area contributed by atoms with Gasteiger partial charge in [-0.3, -0.25) is 14.5 Å². The van der Waals surface area contributed by atoms with Crippen molar-refractivity contribution in [2.24, 2.45) is 0 Å². The highest BCUT2D eigenvalue weighted by atomic mass is 32.1. The number of thiophene rings is 1. The lowest BCUT2D eigenvalue weighted by Crippen LogP contribution is -2.49. The highest BCUT2D eigenvalue weighted by Gasteiger charge is 2.33. The third-order valence-electron chi connectivity index (χ3n) is 5.57. The minimum atomic E-state index is -0.564. The number of anilines is 2. The lowest BCUT2D eigenvalue weighted by atomic mass is 10.2. The monoisotopic (exact) mass is 460 g/mol. The normalized spacial score (nSPS) is 18.6. The minimum Gasteiger partial charge on any atom is -0.442 e. The SMILES string of the molecule is CC(=O)NC[C@H]1CN(c2ccc(N3CCN(C(=O)Cc4cccs4)CC3)c(F)c2)C(=O)O1. The summed E-state index contributed by atoms with van der Waals surface area (Å²) >= 11 is 1.57. The van der Waals surface area contributed by atoms with Crippen LogP contribution >= 0.6 is 11.3 Å². The van der Waals surface area contributed by atoms with Gasteiger partial charge in [0.2, 0.25) is 11.8 Å². The average molecular weight is 461 g/mol. The van der Waals surface area contributed by atoms with E-state index in [1.165, 1.54) is 17.9 Å². The predicted molar refractivity (Wildman–Crippen MR) is 120 cm³/mol. The second-order valence-corrected chi connectivity index (χ2v) is 8.85. The van der Waals surface area contributed by atoms with Gasteiger partial charge in [0.1, 0.15) is 11.9 Å². The average Bonchev–Trinajstić information content (AvgIpc) is 3.41. The first-order valence-electron chi connectivity index (χ1n) is 10.5. The smallest absolute Gasteiger partial charge is 0.414 e. The van der Waals surface area contributed by atoms with Gasteiger partial charge >= 0.3 is 6.09 Å². The Hall–Kier alpha value is -3.14. The van der Waals surface area contributed by atoms with Crippen molar-refractivity contribution in [3.05, 3.63) is 46.4 Å². The Morgan fingerprint density at radius 3 is 2.66 bits per heavy atom. The van der Waals surface area contributed by atoms with Crippen molar-refractivity contribution in [2.75, 3.05) is 49.1 Å². The zero-order chi connectivity index (χ0) is 22.7. The summed E-state index contributed by atoms with van der Waals surface area (Å²) in [6.07, 6.45) is -0.644. The number of rotatable bonds is 6. The van der Waals surface area contributed by atoms with Crippen LogP contribution in [0.5, 0.6) is 0 Å². The molecule has 3 amide bonds. The third-order valence-corrected chi connectivity index (χ3v) is 6.45. The lowest BCUT2D eigenvalue weighted by Gasteiger charge is -2.36. The van der Waals surface area contributed by atoms with Gasteiger partial charge in [-0.1, -0.05) is 6.07 Å². The maximum atomic E-state index is 14.9. The number of amides is 3. The molecule has 0 radical (unpaired) electrons. The summed E-state index contributed by atoms with van der Waals surface area (Å²) in [4.78, 5) is 41.8. The van der Waals surface area contributed by atoms with E-state index in [0.717, 1.165) is 4.88 Å². The molecule has 2 aliphatic rings. The van der Waals surface area contributed by atoms with E-state index in [4.69, 9.17) is 4.74 Å². The quantitative estimate of drug-likeness (QED) is 0.715. The van der Waals surface area contributed by atoms with Gasteiger partial charge in [0, 0.05) is 38.0 Å². The van der Waals surface area contributed by atoms with Gasteiger partial charge in [0.25, 0.3) is 0 Å². The van der Waals surface area contributed by atoms with Gasteiger partial charge < -0.3 is 19.9 Å². The van der Waals surface area contributed by atoms with Gasteiger partial charge in [0.05, 0.1) is 30.9 Å². The van der Waals surface area contributed by atoms with Crippen molar-refractivity contribution in [2.45, 2.75) is 19.4 Å². The summed E-state index contributed by atoms with van der Waals surface area (Å²) in [5.41, 5.74) is 0.854. The highest BCUT2D eigenvalue weighted by molar-refractivity contribution is 7.10. The number of halogens is 1. The molecule has 1 N–H and O–H groups in total. The Labute approximate surface area is 189 Å². The molecule has 0 saturated carbocycles. The highest BCUT2D eigenvalue weighted by Crippen LogP contribution is 2.28. The summed E-state index contributed by atoms with van der Waals surface area (Å²) in [5.74, 6) is -0.550. The topological polar surface area (TPSA) is 82.2 Å². The van der Waals surface area contributed by atoms with Gasteiger partial charge in [0.15, 0.2) is 0 Å². The first-order chi connectivity index (χ1) is 15.4. The number of hydrogen-bond donors (Lipinski definition) is 1. The predicted octanol–water partition coefficient (Wildman–Crippen LogP) is 2.24. The van der Waals surface area contributed by atoms with E-state index in [0.29, 0.717) is 44.0 Å². The first-order valence-corrected chi connectivity index (χ1v) is 11.4. The van der Waals surface area contributed by atoms with Crippen LogP contribution in [0.1, 0.15) is 11.8 Å². The molecular weight excluding hydrogens is 435 g/mol. The minimum absolute atomic E-state index is 0.0873. The number of carbonyl (C=O) groups is 3. The van der Waals surface area contributed by atoms with Crippen molar-refractivity contribution in [1.82, 2.24) is 10.2 Å². The van der Waals surface area contributed by atoms with Gasteiger partial charge in [-0.2, -0.15) is 0 Å². The zero-order valence-electron chi connectivity index (χ0n) is 17.8. The van der Waals surface area contributed by atoms with Crippen LogP contribution in [0.2, 0.25) is 0 Å². The van der Waals surface area contributed by atoms with Gasteiger partial charge in [-0.25, -0.2) is 9.18 Å². The first kappa shape index (κ1) is 22.1. The second-order valence-electron chi connectivity index (χ2n) is 7.81. The number of carbonyl (C=O) groups excluding carboxylic acids is 3. The maximum Gasteiger partial charge on any atom is 0.414 e. The molecule has 2 fully saturated rings. The molecule has 1 atom stereocenters. The molecular formula is C22H25FN4O4S. The van der Waals surface area contributed by atoms with E-state index < -0.39 is 18.0 Å². The Bertz CT molecular complexity index is 992. The van der Waals surface area contributed by atoms with Crippen molar-refractivity contribution in [3.63, 3.8) is 0 Å². The summed E-state index contributed by atoms with van der Waals surface area (Å²) in [5, 5.41) is 4.57. The molecule has 0 aliphatic carbocycles. The molecule has 0 spiro atoms. The standard InChI is InChI=1S/C22H25FN4O4S/c1-15(28)24-13-17-14-27(22(30)31-17)16-4-5-20(19(23)11-16)25-6-8-26(9-7-25)21(29)12-18-3-2-10-32-18/h2-5,10-11,17H,6-9,12-14H2,1H3,(H,24,28)/t17-/m0/s1. The van der Waals surface area contributed by atoms with Gasteiger partial charge in [-0.05, 0) is 29.6 Å². The molecule has 3 heterocycles. The molecule has 32 heavy (non-hydrogen) atoms. The molecule has 0 unspecified atom stereocenters. The van der Waals surface area contributed by atoms with Crippen LogP contribution in [0.4, 0.5) is 20.6 Å². The van der Waals surface area contributed by atoms with Crippen LogP contribution in [0.25, 0.3) is 0 Å². The Balaban J connectivity index is 1.34. The van der Waals surface area contributed by atoms with Crippen molar-refractivity contribution in [3.8, 4) is 0 Å². The van der Waals surface area contributed by atoms with Crippen molar-refractivity contribution in [1.29, 1.82) is 0 Å². The number of nitrogens with one attached hydrogen (secondary N) is 1. The molecule has 1 aromatic heterocycles. The van der Waals surface area contributed by atoms with E-state index in [2.05, 4.69) is 5.32 Å².